The number of hydrogen-bond donors (Lipinski definition) is 0. The van der Waals surface area contributed by atoms with Gasteiger partial charge in [0.1, 0.15) is 0 Å². The third kappa shape index (κ3) is 2.85. The molecule has 0 spiro atoms. The van der Waals surface area contributed by atoms with Crippen molar-refractivity contribution in [1.29, 1.82) is 0 Å². The molecule has 2 heterocycles. The smallest absolute Gasteiger partial charge is 0.258 e. The van der Waals surface area contributed by atoms with E-state index in [1.807, 2.05) is 24.3 Å². The van der Waals surface area contributed by atoms with Crippen LogP contribution in [0.2, 0.25) is 0 Å². The van der Waals surface area contributed by atoms with E-state index in [0.29, 0.717) is 24.1 Å². The van der Waals surface area contributed by atoms with E-state index in [1.54, 1.807) is 0 Å². The molecular weight excluding hydrogens is 288 g/mol. The Kier molecular flexibility index (Phi) is 3.57. The number of hydrogen-bond acceptors (Lipinski definition) is 5. The molecule has 1 aromatic carbocycles. The van der Waals surface area contributed by atoms with Gasteiger partial charge >= 0.3 is 0 Å². The maximum Gasteiger partial charge on any atom is 0.258 e. The van der Waals surface area contributed by atoms with E-state index in [1.165, 1.54) is 0 Å². The zero-order valence-corrected chi connectivity index (χ0v) is 12.9. The summed E-state index contributed by atoms with van der Waals surface area (Å²) in [5.74, 6) is 1.52. The molecular formula is C15H18N2O3S. The Morgan fingerprint density at radius 3 is 2.71 bits per heavy atom. The predicted molar refractivity (Wildman–Crippen MR) is 79.8 cm³/mol. The molecule has 2 aromatic rings. The van der Waals surface area contributed by atoms with E-state index in [2.05, 4.69) is 24.0 Å². The highest BCUT2D eigenvalue weighted by Crippen LogP contribution is 2.31. The molecule has 5 nitrogen and oxygen atoms in total. The average molecular weight is 306 g/mol. The van der Waals surface area contributed by atoms with Crippen molar-refractivity contribution >= 4 is 9.84 Å². The lowest BCUT2D eigenvalue weighted by Gasteiger charge is -2.08. The molecule has 0 radical (unpaired) electrons. The summed E-state index contributed by atoms with van der Waals surface area (Å²) in [6, 6.07) is 7.92. The minimum absolute atomic E-state index is 0.123. The van der Waals surface area contributed by atoms with Gasteiger partial charge in [-0.1, -0.05) is 37.2 Å². The lowest BCUT2D eigenvalue weighted by Crippen LogP contribution is -2.05. The molecule has 1 aliphatic rings. The Morgan fingerprint density at radius 2 is 2.05 bits per heavy atom. The summed E-state index contributed by atoms with van der Waals surface area (Å²) in [5.41, 5.74) is 2.07. The predicted octanol–water partition coefficient (Wildman–Crippen LogP) is 2.76. The molecule has 1 saturated heterocycles. The van der Waals surface area contributed by atoms with Crippen LogP contribution in [0.25, 0.3) is 11.5 Å². The molecule has 0 saturated carbocycles. The fraction of sp³-hybridized carbons (Fsp3) is 0.467. The zero-order valence-electron chi connectivity index (χ0n) is 12.1. The van der Waals surface area contributed by atoms with Gasteiger partial charge in [0.05, 0.1) is 11.5 Å². The summed E-state index contributed by atoms with van der Waals surface area (Å²) in [4.78, 5) is 4.43. The number of benzene rings is 1. The number of sulfone groups is 1. The van der Waals surface area contributed by atoms with Crippen LogP contribution in [0.4, 0.5) is 0 Å². The van der Waals surface area contributed by atoms with Gasteiger partial charge < -0.3 is 4.52 Å². The second-order valence-electron chi connectivity index (χ2n) is 5.80. The Bertz CT molecular complexity index is 750. The molecule has 21 heavy (non-hydrogen) atoms. The summed E-state index contributed by atoms with van der Waals surface area (Å²) in [7, 11) is -2.94. The van der Waals surface area contributed by atoms with Gasteiger partial charge in [0.2, 0.25) is 0 Å². The van der Waals surface area contributed by atoms with Gasteiger partial charge in [0.15, 0.2) is 15.7 Å². The molecule has 112 valence electrons. The van der Waals surface area contributed by atoms with Crippen molar-refractivity contribution in [3.63, 3.8) is 0 Å². The summed E-state index contributed by atoms with van der Waals surface area (Å²) in [6.07, 6.45) is 0.577. The molecule has 1 aliphatic heterocycles. The van der Waals surface area contributed by atoms with Crippen LogP contribution in [-0.4, -0.2) is 30.1 Å². The van der Waals surface area contributed by atoms with Crippen molar-refractivity contribution in [2.75, 3.05) is 11.5 Å². The molecule has 3 rings (SSSR count). The van der Waals surface area contributed by atoms with E-state index < -0.39 is 9.84 Å². The normalized spacial score (nSPS) is 21.0. The molecule has 1 atom stereocenters. The van der Waals surface area contributed by atoms with Gasteiger partial charge in [0, 0.05) is 11.5 Å². The van der Waals surface area contributed by atoms with Crippen LogP contribution in [0, 0.1) is 0 Å². The Morgan fingerprint density at radius 1 is 1.29 bits per heavy atom. The van der Waals surface area contributed by atoms with Gasteiger partial charge in [-0.3, -0.25) is 0 Å². The first-order chi connectivity index (χ1) is 9.96. The first kappa shape index (κ1) is 14.3. The Hall–Kier alpha value is -1.69. The summed E-state index contributed by atoms with van der Waals surface area (Å²) in [6.45, 7) is 4.22. The molecule has 1 fully saturated rings. The standard InChI is InChI=1S/C15H18N2O3S/c1-10(2)12-5-3-4-6-13(12)15-16-14(17-20-15)11-7-8-21(18,19)9-11/h3-6,10-11H,7-9H2,1-2H3. The Labute approximate surface area is 124 Å². The maximum atomic E-state index is 11.5. The van der Waals surface area contributed by atoms with Crippen LogP contribution >= 0.6 is 0 Å². The highest BCUT2D eigenvalue weighted by Gasteiger charge is 2.32. The summed E-state index contributed by atoms with van der Waals surface area (Å²) >= 11 is 0. The molecule has 0 bridgehead atoms. The van der Waals surface area contributed by atoms with Crippen molar-refractivity contribution < 1.29 is 12.9 Å². The quantitative estimate of drug-likeness (QED) is 0.871. The topological polar surface area (TPSA) is 73.1 Å². The van der Waals surface area contributed by atoms with Crippen LogP contribution in [0.3, 0.4) is 0 Å². The molecule has 6 heteroatoms. The third-order valence-corrected chi connectivity index (χ3v) is 5.62. The second kappa shape index (κ2) is 5.26. The summed E-state index contributed by atoms with van der Waals surface area (Å²) < 4.78 is 28.5. The van der Waals surface area contributed by atoms with E-state index in [0.717, 1.165) is 11.1 Å². The van der Waals surface area contributed by atoms with Crippen LogP contribution < -0.4 is 0 Å². The molecule has 1 aromatic heterocycles. The lowest BCUT2D eigenvalue weighted by molar-refractivity contribution is 0.417. The van der Waals surface area contributed by atoms with Crippen molar-refractivity contribution in [3.05, 3.63) is 35.7 Å². The van der Waals surface area contributed by atoms with Gasteiger partial charge in [-0.2, -0.15) is 4.98 Å². The van der Waals surface area contributed by atoms with Crippen LogP contribution in [0.1, 0.15) is 43.5 Å². The molecule has 0 aliphatic carbocycles. The molecule has 0 N–H and O–H groups in total. The van der Waals surface area contributed by atoms with Crippen molar-refractivity contribution in [3.8, 4) is 11.5 Å². The number of aromatic nitrogens is 2. The van der Waals surface area contributed by atoms with E-state index in [-0.39, 0.29) is 17.4 Å². The fourth-order valence-corrected chi connectivity index (χ4v) is 4.44. The van der Waals surface area contributed by atoms with Gasteiger partial charge in [0.25, 0.3) is 5.89 Å². The maximum absolute atomic E-state index is 11.5. The largest absolute Gasteiger partial charge is 0.334 e. The minimum Gasteiger partial charge on any atom is -0.334 e. The zero-order chi connectivity index (χ0) is 15.0. The molecule has 1 unspecified atom stereocenters. The van der Waals surface area contributed by atoms with Gasteiger partial charge in [-0.15, -0.1) is 0 Å². The Balaban J connectivity index is 1.93. The first-order valence-corrected chi connectivity index (χ1v) is 8.92. The van der Waals surface area contributed by atoms with E-state index >= 15 is 0 Å². The number of nitrogens with zero attached hydrogens (tertiary/aromatic N) is 2. The van der Waals surface area contributed by atoms with E-state index in [4.69, 9.17) is 4.52 Å². The fourth-order valence-electron chi connectivity index (χ4n) is 2.70. The van der Waals surface area contributed by atoms with Crippen molar-refractivity contribution in [1.82, 2.24) is 10.1 Å². The van der Waals surface area contributed by atoms with Crippen LogP contribution in [-0.2, 0) is 9.84 Å². The summed E-state index contributed by atoms with van der Waals surface area (Å²) in [5, 5.41) is 3.99. The first-order valence-electron chi connectivity index (χ1n) is 7.09. The highest BCUT2D eigenvalue weighted by molar-refractivity contribution is 7.91. The van der Waals surface area contributed by atoms with Gasteiger partial charge in [-0.25, -0.2) is 8.42 Å². The number of rotatable bonds is 3. The highest BCUT2D eigenvalue weighted by atomic mass is 32.2. The van der Waals surface area contributed by atoms with Crippen molar-refractivity contribution in [2.45, 2.75) is 32.1 Å². The SMILES string of the molecule is CC(C)c1ccccc1-c1nc(C2CCS(=O)(=O)C2)no1. The molecule has 0 amide bonds. The van der Waals surface area contributed by atoms with Crippen LogP contribution in [0.5, 0.6) is 0 Å². The minimum atomic E-state index is -2.94. The monoisotopic (exact) mass is 306 g/mol. The third-order valence-electron chi connectivity index (χ3n) is 3.85. The van der Waals surface area contributed by atoms with Crippen LogP contribution in [0.15, 0.2) is 28.8 Å². The lowest BCUT2D eigenvalue weighted by atomic mass is 9.97. The van der Waals surface area contributed by atoms with Crippen molar-refractivity contribution in [2.24, 2.45) is 0 Å². The van der Waals surface area contributed by atoms with E-state index in [9.17, 15) is 8.42 Å². The van der Waals surface area contributed by atoms with Gasteiger partial charge in [-0.05, 0) is 24.0 Å². The second-order valence-corrected chi connectivity index (χ2v) is 8.03. The average Bonchev–Trinajstić information content (AvgIpc) is 3.05.